The van der Waals surface area contributed by atoms with E-state index in [0.717, 1.165) is 11.1 Å². The number of benzene rings is 2. The van der Waals surface area contributed by atoms with Crippen LogP contribution in [0.25, 0.3) is 10.9 Å². The third kappa shape index (κ3) is 2.48. The lowest BCUT2D eigenvalue weighted by molar-refractivity contribution is 0.0698. The average Bonchev–Trinajstić information content (AvgIpc) is 2.85. The largest absolute Gasteiger partial charge is 0.497 e. The van der Waals surface area contributed by atoms with E-state index in [1.54, 1.807) is 13.2 Å². The van der Waals surface area contributed by atoms with E-state index in [4.69, 9.17) is 4.74 Å². The van der Waals surface area contributed by atoms with E-state index >= 15 is 0 Å². The maximum absolute atomic E-state index is 11.6. The molecule has 21 heavy (non-hydrogen) atoms. The quantitative estimate of drug-likeness (QED) is 0.769. The van der Waals surface area contributed by atoms with Gasteiger partial charge in [-0.2, -0.15) is 0 Å². The Morgan fingerprint density at radius 2 is 1.95 bits per heavy atom. The summed E-state index contributed by atoms with van der Waals surface area (Å²) in [7, 11) is 1.57. The van der Waals surface area contributed by atoms with Crippen LogP contribution < -0.4 is 4.74 Å². The number of carboxylic acids is 1. The minimum Gasteiger partial charge on any atom is -0.497 e. The Morgan fingerprint density at radius 1 is 1.19 bits per heavy atom. The average molecular weight is 281 g/mol. The van der Waals surface area contributed by atoms with Crippen molar-refractivity contribution < 1.29 is 14.6 Å². The van der Waals surface area contributed by atoms with Crippen molar-refractivity contribution in [2.24, 2.45) is 0 Å². The summed E-state index contributed by atoms with van der Waals surface area (Å²) < 4.78 is 5.18. The van der Waals surface area contributed by atoms with Gasteiger partial charge < -0.3 is 14.8 Å². The first kappa shape index (κ1) is 13.2. The van der Waals surface area contributed by atoms with Crippen molar-refractivity contribution in [2.75, 3.05) is 7.11 Å². The molecule has 0 amide bonds. The van der Waals surface area contributed by atoms with Gasteiger partial charge in [0, 0.05) is 23.0 Å². The lowest BCUT2D eigenvalue weighted by atomic mass is 10.0. The van der Waals surface area contributed by atoms with Crippen molar-refractivity contribution in [2.45, 2.75) is 6.42 Å². The van der Waals surface area contributed by atoms with Gasteiger partial charge >= 0.3 is 5.97 Å². The fourth-order valence-corrected chi connectivity index (χ4v) is 2.53. The molecule has 2 aromatic carbocycles. The normalized spacial score (nSPS) is 10.7. The van der Waals surface area contributed by atoms with Gasteiger partial charge in [-0.25, -0.2) is 4.79 Å². The molecule has 0 aliphatic heterocycles. The van der Waals surface area contributed by atoms with Crippen LogP contribution in [0.3, 0.4) is 0 Å². The van der Waals surface area contributed by atoms with Crippen molar-refractivity contribution in [3.63, 3.8) is 0 Å². The van der Waals surface area contributed by atoms with Gasteiger partial charge in [-0.15, -0.1) is 0 Å². The molecule has 0 saturated carbocycles. The molecule has 1 heterocycles. The molecule has 3 rings (SSSR count). The van der Waals surface area contributed by atoms with Gasteiger partial charge in [-0.3, -0.25) is 0 Å². The maximum Gasteiger partial charge on any atom is 0.338 e. The van der Waals surface area contributed by atoms with Crippen molar-refractivity contribution in [3.8, 4) is 5.75 Å². The van der Waals surface area contributed by atoms with Gasteiger partial charge in [0.2, 0.25) is 0 Å². The van der Waals surface area contributed by atoms with E-state index in [9.17, 15) is 9.90 Å². The van der Waals surface area contributed by atoms with Crippen LogP contribution in [0.4, 0.5) is 0 Å². The summed E-state index contributed by atoms with van der Waals surface area (Å²) in [4.78, 5) is 14.8. The van der Waals surface area contributed by atoms with E-state index in [1.807, 2.05) is 42.5 Å². The van der Waals surface area contributed by atoms with Crippen LogP contribution in [-0.4, -0.2) is 23.2 Å². The lowest BCUT2D eigenvalue weighted by Crippen LogP contribution is -2.01. The van der Waals surface area contributed by atoms with E-state index in [1.165, 1.54) is 0 Å². The molecule has 0 aliphatic carbocycles. The Kier molecular flexibility index (Phi) is 3.36. The third-order valence-corrected chi connectivity index (χ3v) is 3.52. The molecule has 0 unspecified atom stereocenters. The van der Waals surface area contributed by atoms with Gasteiger partial charge in [0.05, 0.1) is 12.7 Å². The minimum atomic E-state index is -0.930. The van der Waals surface area contributed by atoms with Gasteiger partial charge in [-0.05, 0) is 23.8 Å². The first-order valence-electron chi connectivity index (χ1n) is 6.65. The highest BCUT2D eigenvalue weighted by atomic mass is 16.5. The number of carbonyl (C=O) groups is 1. The number of H-pyrrole nitrogens is 1. The second-order valence-electron chi connectivity index (χ2n) is 4.86. The Hall–Kier alpha value is -2.75. The summed E-state index contributed by atoms with van der Waals surface area (Å²) in [6, 6.07) is 15.2. The van der Waals surface area contributed by atoms with Gasteiger partial charge in [0.1, 0.15) is 5.75 Å². The lowest BCUT2D eigenvalue weighted by Gasteiger charge is -2.02. The number of hydrogen-bond acceptors (Lipinski definition) is 2. The number of fused-ring (bicyclic) bond motifs is 1. The number of rotatable bonds is 4. The van der Waals surface area contributed by atoms with Crippen molar-refractivity contribution in [1.29, 1.82) is 0 Å². The molecule has 0 saturated heterocycles. The second kappa shape index (κ2) is 5.32. The second-order valence-corrected chi connectivity index (χ2v) is 4.86. The zero-order valence-corrected chi connectivity index (χ0v) is 11.6. The fourth-order valence-electron chi connectivity index (χ4n) is 2.53. The van der Waals surface area contributed by atoms with Crippen molar-refractivity contribution in [3.05, 3.63) is 65.4 Å². The molecule has 0 atom stereocenters. The van der Waals surface area contributed by atoms with Gasteiger partial charge in [-0.1, -0.05) is 30.3 Å². The van der Waals surface area contributed by atoms with Crippen molar-refractivity contribution >= 4 is 16.9 Å². The zero-order chi connectivity index (χ0) is 14.8. The van der Waals surface area contributed by atoms with Crippen LogP contribution in [0, 0.1) is 0 Å². The number of hydrogen-bond donors (Lipinski definition) is 2. The highest BCUT2D eigenvalue weighted by molar-refractivity contribution is 6.05. The maximum atomic E-state index is 11.6. The first-order valence-corrected chi connectivity index (χ1v) is 6.65. The van der Waals surface area contributed by atoms with Gasteiger partial charge in [0.25, 0.3) is 0 Å². The van der Waals surface area contributed by atoms with E-state index in [-0.39, 0.29) is 0 Å². The molecule has 0 bridgehead atoms. The standard InChI is InChI=1S/C17H15NO3/c1-21-12-7-8-14-13(10-12)16(17(19)20)15(18-14)9-11-5-3-2-4-6-11/h2-8,10,18H,9H2,1H3,(H,19,20). The third-order valence-electron chi connectivity index (χ3n) is 3.52. The molecule has 0 spiro atoms. The zero-order valence-electron chi connectivity index (χ0n) is 11.6. The fraction of sp³-hybridized carbons (Fsp3) is 0.118. The number of aromatic nitrogens is 1. The van der Waals surface area contributed by atoms with Crippen LogP contribution in [0.5, 0.6) is 5.75 Å². The monoisotopic (exact) mass is 281 g/mol. The molecular weight excluding hydrogens is 266 g/mol. The Bertz CT molecular complexity index is 790. The minimum absolute atomic E-state index is 0.313. The van der Waals surface area contributed by atoms with Gasteiger partial charge in [0.15, 0.2) is 0 Å². The van der Waals surface area contributed by atoms with Crippen molar-refractivity contribution in [1.82, 2.24) is 4.98 Å². The molecule has 2 N–H and O–H groups in total. The summed E-state index contributed by atoms with van der Waals surface area (Å²) in [5, 5.41) is 10.2. The summed E-state index contributed by atoms with van der Waals surface area (Å²) in [6.07, 6.45) is 0.555. The Balaban J connectivity index is 2.13. The number of aromatic amines is 1. The summed E-state index contributed by atoms with van der Waals surface area (Å²) in [5.74, 6) is -0.282. The van der Waals surface area contributed by atoms with Crippen LogP contribution in [0.15, 0.2) is 48.5 Å². The molecule has 3 aromatic rings. The van der Waals surface area contributed by atoms with E-state index < -0.39 is 5.97 Å². The number of carboxylic acid groups (broad SMARTS) is 1. The van der Waals surface area contributed by atoms with Crippen LogP contribution in [0.1, 0.15) is 21.6 Å². The highest BCUT2D eigenvalue weighted by Gasteiger charge is 2.18. The molecule has 4 heteroatoms. The predicted molar refractivity (Wildman–Crippen MR) is 81.1 cm³/mol. The number of ether oxygens (including phenoxy) is 1. The van der Waals surface area contributed by atoms with E-state index in [0.29, 0.717) is 28.8 Å². The molecular formula is C17H15NO3. The Morgan fingerprint density at radius 3 is 2.62 bits per heavy atom. The smallest absolute Gasteiger partial charge is 0.338 e. The summed E-state index contributed by atoms with van der Waals surface area (Å²) in [6.45, 7) is 0. The van der Waals surface area contributed by atoms with Crippen LogP contribution in [-0.2, 0) is 6.42 Å². The number of methoxy groups -OCH3 is 1. The van der Waals surface area contributed by atoms with Crippen LogP contribution >= 0.6 is 0 Å². The first-order chi connectivity index (χ1) is 10.2. The number of nitrogens with one attached hydrogen (secondary N) is 1. The molecule has 4 nitrogen and oxygen atoms in total. The summed E-state index contributed by atoms with van der Waals surface area (Å²) >= 11 is 0. The topological polar surface area (TPSA) is 62.3 Å². The SMILES string of the molecule is COc1ccc2[nH]c(Cc3ccccc3)c(C(=O)O)c2c1. The number of aromatic carboxylic acids is 1. The van der Waals surface area contributed by atoms with Crippen LogP contribution in [0.2, 0.25) is 0 Å². The predicted octanol–water partition coefficient (Wildman–Crippen LogP) is 3.47. The molecule has 106 valence electrons. The molecule has 1 aromatic heterocycles. The highest BCUT2D eigenvalue weighted by Crippen LogP contribution is 2.28. The Labute approximate surface area is 122 Å². The van der Waals surface area contributed by atoms with E-state index in [2.05, 4.69) is 4.98 Å². The summed E-state index contributed by atoms with van der Waals surface area (Å²) in [5.41, 5.74) is 2.89. The molecule has 0 aliphatic rings. The molecule has 0 radical (unpaired) electrons. The molecule has 0 fully saturated rings.